The summed E-state index contributed by atoms with van der Waals surface area (Å²) in [6, 6.07) is 1.32. The molecule has 12 heavy (non-hydrogen) atoms. The monoisotopic (exact) mass is 223 g/mol. The standard InChI is InChI=1S/C6H3Cl2NO2S/c7-3-1-2(5(8)12-3)4(10)6(9)11/h1H,(H2,9,11). The lowest BCUT2D eigenvalue weighted by atomic mass is 10.2. The summed E-state index contributed by atoms with van der Waals surface area (Å²) < 4.78 is 0.536. The van der Waals surface area contributed by atoms with Crippen LogP contribution in [-0.4, -0.2) is 11.7 Å². The van der Waals surface area contributed by atoms with Gasteiger partial charge in [-0.25, -0.2) is 0 Å². The topological polar surface area (TPSA) is 60.2 Å². The molecular weight excluding hydrogens is 221 g/mol. The van der Waals surface area contributed by atoms with Crippen LogP contribution in [0.2, 0.25) is 8.67 Å². The number of hydrogen-bond donors (Lipinski definition) is 1. The van der Waals surface area contributed by atoms with E-state index in [4.69, 9.17) is 28.9 Å². The highest BCUT2D eigenvalue weighted by molar-refractivity contribution is 7.20. The molecule has 0 fully saturated rings. The van der Waals surface area contributed by atoms with Gasteiger partial charge in [0.25, 0.3) is 11.7 Å². The fourth-order valence-corrected chi connectivity index (χ4v) is 2.09. The predicted octanol–water partition coefficient (Wildman–Crippen LogP) is 1.72. The van der Waals surface area contributed by atoms with E-state index in [2.05, 4.69) is 0 Å². The molecule has 0 spiro atoms. The Kier molecular flexibility index (Phi) is 2.72. The molecule has 0 radical (unpaired) electrons. The van der Waals surface area contributed by atoms with Gasteiger partial charge in [0.1, 0.15) is 4.34 Å². The smallest absolute Gasteiger partial charge is 0.289 e. The molecule has 0 aliphatic carbocycles. The van der Waals surface area contributed by atoms with Crippen molar-refractivity contribution in [3.63, 3.8) is 0 Å². The number of carbonyl (C=O) groups is 2. The second-order valence-electron chi connectivity index (χ2n) is 1.93. The summed E-state index contributed by atoms with van der Waals surface area (Å²) in [6.07, 6.45) is 0. The average molecular weight is 224 g/mol. The molecule has 0 saturated carbocycles. The summed E-state index contributed by atoms with van der Waals surface area (Å²) in [6.45, 7) is 0. The number of carbonyl (C=O) groups excluding carboxylic acids is 2. The van der Waals surface area contributed by atoms with E-state index in [1.165, 1.54) is 6.07 Å². The molecule has 1 aromatic rings. The van der Waals surface area contributed by atoms with Crippen molar-refractivity contribution in [1.82, 2.24) is 0 Å². The van der Waals surface area contributed by atoms with E-state index in [9.17, 15) is 9.59 Å². The third kappa shape index (κ3) is 1.77. The maximum atomic E-state index is 11.0. The van der Waals surface area contributed by atoms with E-state index >= 15 is 0 Å². The van der Waals surface area contributed by atoms with Crippen molar-refractivity contribution in [2.24, 2.45) is 5.73 Å². The van der Waals surface area contributed by atoms with E-state index < -0.39 is 11.7 Å². The largest absolute Gasteiger partial charge is 0.363 e. The molecule has 0 bridgehead atoms. The molecule has 0 aliphatic heterocycles. The van der Waals surface area contributed by atoms with Crippen molar-refractivity contribution in [2.75, 3.05) is 0 Å². The fraction of sp³-hybridized carbons (Fsp3) is 0. The number of Topliss-reactive ketones (excluding diaryl/α,β-unsaturated/α-hetero) is 1. The van der Waals surface area contributed by atoms with Gasteiger partial charge in [-0.05, 0) is 6.07 Å². The molecule has 0 atom stereocenters. The van der Waals surface area contributed by atoms with Gasteiger partial charge in [-0.3, -0.25) is 9.59 Å². The highest BCUT2D eigenvalue weighted by Gasteiger charge is 2.18. The predicted molar refractivity (Wildman–Crippen MR) is 47.9 cm³/mol. The highest BCUT2D eigenvalue weighted by atomic mass is 35.5. The van der Waals surface area contributed by atoms with Gasteiger partial charge in [0.05, 0.1) is 9.90 Å². The lowest BCUT2D eigenvalue weighted by Crippen LogP contribution is -2.22. The number of halogens is 2. The molecule has 0 aliphatic rings. The second kappa shape index (κ2) is 3.43. The lowest BCUT2D eigenvalue weighted by molar-refractivity contribution is -0.114. The Morgan fingerprint density at radius 3 is 2.33 bits per heavy atom. The number of thiophene rings is 1. The molecule has 1 amide bonds. The summed E-state index contributed by atoms with van der Waals surface area (Å²) in [5.74, 6) is -1.85. The molecule has 64 valence electrons. The van der Waals surface area contributed by atoms with E-state index in [0.29, 0.717) is 4.34 Å². The first-order chi connectivity index (χ1) is 5.52. The Bertz CT molecular complexity index is 347. The number of ketones is 1. The summed E-state index contributed by atoms with van der Waals surface area (Å²) in [5.41, 5.74) is 4.83. The third-order valence-electron chi connectivity index (χ3n) is 1.13. The molecule has 1 rings (SSSR count). The molecule has 6 heteroatoms. The first-order valence-corrected chi connectivity index (χ1v) is 4.38. The second-order valence-corrected chi connectivity index (χ2v) is 4.22. The summed E-state index contributed by atoms with van der Waals surface area (Å²) in [5, 5.41) is 0. The zero-order valence-electron chi connectivity index (χ0n) is 5.64. The van der Waals surface area contributed by atoms with Crippen LogP contribution < -0.4 is 5.73 Å². The SMILES string of the molecule is NC(=O)C(=O)c1cc(Cl)sc1Cl. The van der Waals surface area contributed by atoms with Gasteiger partial charge in [0, 0.05) is 0 Å². The molecule has 3 nitrogen and oxygen atoms in total. The normalized spacial score (nSPS) is 9.83. The third-order valence-corrected chi connectivity index (χ3v) is 2.61. The minimum Gasteiger partial charge on any atom is -0.363 e. The van der Waals surface area contributed by atoms with Gasteiger partial charge < -0.3 is 5.73 Å². The minimum absolute atomic E-state index is 0.0687. The van der Waals surface area contributed by atoms with Crippen molar-refractivity contribution < 1.29 is 9.59 Å². The van der Waals surface area contributed by atoms with E-state index in [1.54, 1.807) is 0 Å². The molecule has 1 heterocycles. The van der Waals surface area contributed by atoms with Crippen molar-refractivity contribution in [2.45, 2.75) is 0 Å². The molecule has 0 unspecified atom stereocenters. The van der Waals surface area contributed by atoms with Crippen molar-refractivity contribution in [3.05, 3.63) is 20.3 Å². The van der Waals surface area contributed by atoms with Gasteiger partial charge in [0.2, 0.25) is 0 Å². The molecular formula is C6H3Cl2NO2S. The molecule has 0 saturated heterocycles. The Balaban J connectivity index is 3.11. The lowest BCUT2D eigenvalue weighted by Gasteiger charge is -1.90. The fourth-order valence-electron chi connectivity index (χ4n) is 0.628. The Morgan fingerprint density at radius 2 is 2.00 bits per heavy atom. The van der Waals surface area contributed by atoms with Gasteiger partial charge in [-0.2, -0.15) is 0 Å². The van der Waals surface area contributed by atoms with Gasteiger partial charge in [-0.1, -0.05) is 23.2 Å². The zero-order valence-corrected chi connectivity index (χ0v) is 7.96. The van der Waals surface area contributed by atoms with Crippen LogP contribution in [0.3, 0.4) is 0 Å². The van der Waals surface area contributed by atoms with E-state index in [-0.39, 0.29) is 9.90 Å². The van der Waals surface area contributed by atoms with Crippen molar-refractivity contribution in [3.8, 4) is 0 Å². The molecule has 2 N–H and O–H groups in total. The summed E-state index contributed by atoms with van der Waals surface area (Å²) >= 11 is 12.2. The first-order valence-electron chi connectivity index (χ1n) is 2.81. The minimum atomic E-state index is -1.04. The average Bonchev–Trinajstić information content (AvgIpc) is 2.28. The van der Waals surface area contributed by atoms with Crippen LogP contribution in [0.1, 0.15) is 10.4 Å². The maximum Gasteiger partial charge on any atom is 0.289 e. The zero-order chi connectivity index (χ0) is 9.30. The first kappa shape index (κ1) is 9.51. The van der Waals surface area contributed by atoms with Gasteiger partial charge in [-0.15, -0.1) is 11.3 Å². The Hall–Kier alpha value is -0.580. The molecule has 0 aromatic carbocycles. The quantitative estimate of drug-likeness (QED) is 0.614. The summed E-state index contributed by atoms with van der Waals surface area (Å²) in [4.78, 5) is 21.4. The number of hydrogen-bond acceptors (Lipinski definition) is 3. The van der Waals surface area contributed by atoms with Crippen molar-refractivity contribution >= 4 is 46.2 Å². The van der Waals surface area contributed by atoms with E-state index in [0.717, 1.165) is 11.3 Å². The molecule has 1 aromatic heterocycles. The van der Waals surface area contributed by atoms with Crippen LogP contribution in [-0.2, 0) is 4.79 Å². The summed E-state index contributed by atoms with van der Waals surface area (Å²) in [7, 11) is 0. The van der Waals surface area contributed by atoms with Crippen LogP contribution in [0.15, 0.2) is 6.07 Å². The van der Waals surface area contributed by atoms with Crippen LogP contribution in [0.5, 0.6) is 0 Å². The van der Waals surface area contributed by atoms with Crippen LogP contribution in [0.25, 0.3) is 0 Å². The number of nitrogens with two attached hydrogens (primary N) is 1. The van der Waals surface area contributed by atoms with Crippen LogP contribution >= 0.6 is 34.5 Å². The number of amides is 1. The number of rotatable bonds is 2. The van der Waals surface area contributed by atoms with Gasteiger partial charge in [0.15, 0.2) is 0 Å². The maximum absolute atomic E-state index is 11.0. The number of primary amides is 1. The van der Waals surface area contributed by atoms with Crippen LogP contribution in [0, 0.1) is 0 Å². The van der Waals surface area contributed by atoms with E-state index in [1.807, 2.05) is 0 Å². The van der Waals surface area contributed by atoms with Gasteiger partial charge >= 0.3 is 0 Å². The van der Waals surface area contributed by atoms with Crippen molar-refractivity contribution in [1.29, 1.82) is 0 Å². The Labute approximate surface area is 82.1 Å². The Morgan fingerprint density at radius 1 is 1.42 bits per heavy atom. The van der Waals surface area contributed by atoms with Crippen LogP contribution in [0.4, 0.5) is 0 Å². The highest BCUT2D eigenvalue weighted by Crippen LogP contribution is 2.31.